The number of hydrogen-bond acceptors (Lipinski definition) is 4. The second-order valence-corrected chi connectivity index (χ2v) is 5.76. The van der Waals surface area contributed by atoms with E-state index in [0.717, 1.165) is 22.1 Å². The fraction of sp³-hybridized carbons (Fsp3) is 0.100. The molecule has 24 heavy (non-hydrogen) atoms. The van der Waals surface area contributed by atoms with Crippen LogP contribution < -0.4 is 0 Å². The van der Waals surface area contributed by atoms with Crippen LogP contribution in [0.1, 0.15) is 22.6 Å². The highest BCUT2D eigenvalue weighted by Crippen LogP contribution is 2.32. The van der Waals surface area contributed by atoms with Crippen molar-refractivity contribution in [1.29, 1.82) is 0 Å². The Morgan fingerprint density at radius 2 is 1.79 bits per heavy atom. The first-order chi connectivity index (χ1) is 11.7. The number of aryl methyl sites for hydroxylation is 2. The summed E-state index contributed by atoms with van der Waals surface area (Å²) in [4.78, 5) is 4.42. The van der Waals surface area contributed by atoms with Crippen LogP contribution in [0.4, 0.5) is 0 Å². The van der Waals surface area contributed by atoms with E-state index in [1.54, 1.807) is 6.08 Å². The van der Waals surface area contributed by atoms with Crippen molar-refractivity contribution >= 4 is 23.1 Å². The van der Waals surface area contributed by atoms with Gasteiger partial charge < -0.3 is 8.94 Å². The SMILES string of the molecule is Cc1ccc2oc(-c3noc(/C=C/c4ccccc4)n3)c(C)c2c1. The molecule has 0 aliphatic rings. The molecule has 118 valence electrons. The van der Waals surface area contributed by atoms with Gasteiger partial charge in [0.2, 0.25) is 5.82 Å². The molecule has 0 fully saturated rings. The zero-order chi connectivity index (χ0) is 16.5. The number of furan rings is 1. The molecule has 0 atom stereocenters. The van der Waals surface area contributed by atoms with Crippen molar-refractivity contribution in [3.8, 4) is 11.6 Å². The summed E-state index contributed by atoms with van der Waals surface area (Å²) in [6, 6.07) is 16.1. The Morgan fingerprint density at radius 3 is 2.62 bits per heavy atom. The number of nitrogens with zero attached hydrogens (tertiary/aromatic N) is 2. The molecule has 4 heteroatoms. The lowest BCUT2D eigenvalue weighted by Gasteiger charge is -1.91. The molecule has 0 amide bonds. The predicted molar refractivity (Wildman–Crippen MR) is 94.4 cm³/mol. The van der Waals surface area contributed by atoms with Crippen LogP contribution in [0.2, 0.25) is 0 Å². The molecule has 4 rings (SSSR count). The number of rotatable bonds is 3. The van der Waals surface area contributed by atoms with Crippen molar-refractivity contribution in [1.82, 2.24) is 10.1 Å². The first kappa shape index (κ1) is 14.5. The fourth-order valence-corrected chi connectivity index (χ4v) is 2.67. The molecule has 0 bridgehead atoms. The van der Waals surface area contributed by atoms with Gasteiger partial charge in [-0.3, -0.25) is 0 Å². The number of benzene rings is 2. The molecule has 0 saturated heterocycles. The van der Waals surface area contributed by atoms with E-state index in [9.17, 15) is 0 Å². The summed E-state index contributed by atoms with van der Waals surface area (Å²) in [5.74, 6) is 1.57. The maximum absolute atomic E-state index is 5.91. The van der Waals surface area contributed by atoms with E-state index in [0.29, 0.717) is 17.5 Å². The van der Waals surface area contributed by atoms with Gasteiger partial charge in [0.05, 0.1) is 0 Å². The van der Waals surface area contributed by atoms with E-state index in [4.69, 9.17) is 8.94 Å². The van der Waals surface area contributed by atoms with Gasteiger partial charge >= 0.3 is 0 Å². The van der Waals surface area contributed by atoms with Gasteiger partial charge in [-0.15, -0.1) is 0 Å². The lowest BCUT2D eigenvalue weighted by atomic mass is 10.1. The van der Waals surface area contributed by atoms with E-state index >= 15 is 0 Å². The van der Waals surface area contributed by atoms with E-state index < -0.39 is 0 Å². The van der Waals surface area contributed by atoms with E-state index in [1.807, 2.05) is 55.5 Å². The van der Waals surface area contributed by atoms with Gasteiger partial charge in [0.25, 0.3) is 5.89 Å². The third kappa shape index (κ3) is 2.63. The van der Waals surface area contributed by atoms with Crippen LogP contribution in [0.25, 0.3) is 34.7 Å². The van der Waals surface area contributed by atoms with Crippen LogP contribution >= 0.6 is 0 Å². The zero-order valence-corrected chi connectivity index (χ0v) is 13.5. The van der Waals surface area contributed by atoms with Crippen molar-refractivity contribution < 1.29 is 8.94 Å². The van der Waals surface area contributed by atoms with Crippen LogP contribution in [-0.4, -0.2) is 10.1 Å². The normalized spacial score (nSPS) is 11.6. The van der Waals surface area contributed by atoms with Gasteiger partial charge in [0.15, 0.2) is 5.76 Å². The Morgan fingerprint density at radius 1 is 0.958 bits per heavy atom. The highest BCUT2D eigenvalue weighted by Gasteiger charge is 2.17. The second kappa shape index (κ2) is 5.81. The molecule has 0 N–H and O–H groups in total. The van der Waals surface area contributed by atoms with Crippen LogP contribution in [0.15, 0.2) is 57.5 Å². The molecule has 4 nitrogen and oxygen atoms in total. The fourth-order valence-electron chi connectivity index (χ4n) is 2.67. The highest BCUT2D eigenvalue weighted by molar-refractivity contribution is 5.87. The Bertz CT molecular complexity index is 1030. The van der Waals surface area contributed by atoms with E-state index in [2.05, 4.69) is 23.1 Å². The monoisotopic (exact) mass is 316 g/mol. The Hall–Kier alpha value is -3.14. The summed E-state index contributed by atoms with van der Waals surface area (Å²) < 4.78 is 11.2. The van der Waals surface area contributed by atoms with Gasteiger partial charge in [-0.05, 0) is 37.6 Å². The topological polar surface area (TPSA) is 52.1 Å². The lowest BCUT2D eigenvalue weighted by Crippen LogP contribution is -1.80. The number of fused-ring (bicyclic) bond motifs is 1. The highest BCUT2D eigenvalue weighted by atomic mass is 16.5. The Kier molecular flexibility index (Phi) is 3.50. The molecule has 2 aromatic carbocycles. The van der Waals surface area contributed by atoms with Crippen molar-refractivity contribution in [2.75, 3.05) is 0 Å². The number of hydrogen-bond donors (Lipinski definition) is 0. The van der Waals surface area contributed by atoms with Gasteiger partial charge in [0.1, 0.15) is 5.58 Å². The predicted octanol–water partition coefficient (Wildman–Crippen LogP) is 5.27. The van der Waals surface area contributed by atoms with Crippen LogP contribution in [-0.2, 0) is 0 Å². The summed E-state index contributed by atoms with van der Waals surface area (Å²) >= 11 is 0. The Labute approximate surface area is 139 Å². The second-order valence-electron chi connectivity index (χ2n) is 5.76. The lowest BCUT2D eigenvalue weighted by molar-refractivity contribution is 0.409. The molecule has 0 saturated carbocycles. The molecule has 0 unspecified atom stereocenters. The van der Waals surface area contributed by atoms with Crippen molar-refractivity contribution in [3.63, 3.8) is 0 Å². The average Bonchev–Trinajstić information content (AvgIpc) is 3.19. The summed E-state index contributed by atoms with van der Waals surface area (Å²) in [5, 5.41) is 5.13. The molecular formula is C20H16N2O2. The van der Waals surface area contributed by atoms with Crippen LogP contribution in [0, 0.1) is 13.8 Å². The Balaban J connectivity index is 1.68. The summed E-state index contributed by atoms with van der Waals surface area (Å²) in [6.07, 6.45) is 3.74. The third-order valence-electron chi connectivity index (χ3n) is 3.95. The third-order valence-corrected chi connectivity index (χ3v) is 3.95. The summed E-state index contributed by atoms with van der Waals surface area (Å²) in [6.45, 7) is 4.07. The molecule has 0 spiro atoms. The maximum Gasteiger partial charge on any atom is 0.251 e. The average molecular weight is 316 g/mol. The van der Waals surface area contributed by atoms with Gasteiger partial charge in [-0.25, -0.2) is 0 Å². The van der Waals surface area contributed by atoms with E-state index in [1.165, 1.54) is 5.56 Å². The largest absolute Gasteiger partial charge is 0.452 e. The molecular weight excluding hydrogens is 300 g/mol. The van der Waals surface area contributed by atoms with Crippen LogP contribution in [0.3, 0.4) is 0 Å². The minimum absolute atomic E-state index is 0.449. The first-order valence-corrected chi connectivity index (χ1v) is 7.78. The molecule has 0 aliphatic heterocycles. The van der Waals surface area contributed by atoms with Crippen molar-refractivity contribution in [3.05, 3.63) is 71.1 Å². The minimum atomic E-state index is 0.449. The summed E-state index contributed by atoms with van der Waals surface area (Å²) in [7, 11) is 0. The first-order valence-electron chi connectivity index (χ1n) is 7.78. The zero-order valence-electron chi connectivity index (χ0n) is 13.5. The van der Waals surface area contributed by atoms with Crippen molar-refractivity contribution in [2.45, 2.75) is 13.8 Å². The molecule has 0 radical (unpaired) electrons. The maximum atomic E-state index is 5.91. The molecule has 2 aromatic heterocycles. The standard InChI is InChI=1S/C20H16N2O2/c1-13-8-10-17-16(12-13)14(2)19(23-17)20-21-18(24-22-20)11-9-15-6-4-3-5-7-15/h3-12H,1-2H3/b11-9+. The van der Waals surface area contributed by atoms with Gasteiger partial charge in [-0.1, -0.05) is 47.1 Å². The van der Waals surface area contributed by atoms with Crippen molar-refractivity contribution in [2.24, 2.45) is 0 Å². The minimum Gasteiger partial charge on any atom is -0.452 e. The quantitative estimate of drug-likeness (QED) is 0.516. The smallest absolute Gasteiger partial charge is 0.251 e. The molecule has 2 heterocycles. The number of aromatic nitrogens is 2. The molecule has 4 aromatic rings. The van der Waals surface area contributed by atoms with Crippen LogP contribution in [0.5, 0.6) is 0 Å². The van der Waals surface area contributed by atoms with Gasteiger partial charge in [0, 0.05) is 17.0 Å². The summed E-state index contributed by atoms with van der Waals surface area (Å²) in [5.41, 5.74) is 4.12. The van der Waals surface area contributed by atoms with E-state index in [-0.39, 0.29) is 0 Å². The van der Waals surface area contributed by atoms with Gasteiger partial charge in [-0.2, -0.15) is 4.98 Å². The molecule has 0 aliphatic carbocycles.